The van der Waals surface area contributed by atoms with E-state index in [1.807, 2.05) is 12.1 Å². The SMILES string of the molecule is CC1=CC(OC(CC(C)(C)C)c2ccc(C(=O)NC[C@@H](O)C(=O)O)cc2)=CC(C)C1c1ccc(C(C)(C)C)cc1. The Labute approximate surface area is 239 Å². The number of carboxylic acid groups (broad SMARTS) is 1. The lowest BCUT2D eigenvalue weighted by atomic mass is 9.77. The predicted octanol–water partition coefficient (Wildman–Crippen LogP) is 6.92. The Bertz CT molecular complexity index is 1240. The highest BCUT2D eigenvalue weighted by Gasteiger charge is 2.28. The smallest absolute Gasteiger partial charge is 0.334 e. The number of amides is 1. The second-order valence-electron chi connectivity index (χ2n) is 13.2. The number of hydrogen-bond acceptors (Lipinski definition) is 4. The third-order valence-electron chi connectivity index (χ3n) is 7.31. The van der Waals surface area contributed by atoms with E-state index >= 15 is 0 Å². The van der Waals surface area contributed by atoms with Crippen LogP contribution in [0.3, 0.4) is 0 Å². The van der Waals surface area contributed by atoms with E-state index in [1.165, 1.54) is 16.7 Å². The van der Waals surface area contributed by atoms with Crippen molar-refractivity contribution in [1.82, 2.24) is 5.32 Å². The van der Waals surface area contributed by atoms with Crippen LogP contribution in [0.2, 0.25) is 0 Å². The zero-order valence-corrected chi connectivity index (χ0v) is 25.1. The lowest BCUT2D eigenvalue weighted by molar-refractivity contribution is -0.146. The van der Waals surface area contributed by atoms with E-state index in [0.29, 0.717) is 11.5 Å². The van der Waals surface area contributed by atoms with E-state index in [4.69, 9.17) is 9.84 Å². The van der Waals surface area contributed by atoms with Gasteiger partial charge in [-0.1, -0.05) is 90.4 Å². The van der Waals surface area contributed by atoms with Crippen LogP contribution in [0.15, 0.2) is 72.0 Å². The van der Waals surface area contributed by atoms with Gasteiger partial charge >= 0.3 is 5.97 Å². The van der Waals surface area contributed by atoms with Gasteiger partial charge in [-0.25, -0.2) is 4.79 Å². The fourth-order valence-electron chi connectivity index (χ4n) is 5.14. The van der Waals surface area contributed by atoms with E-state index < -0.39 is 18.0 Å². The van der Waals surface area contributed by atoms with Crippen molar-refractivity contribution in [3.63, 3.8) is 0 Å². The minimum absolute atomic E-state index is 0.00458. The summed E-state index contributed by atoms with van der Waals surface area (Å²) < 4.78 is 6.63. The van der Waals surface area contributed by atoms with Crippen molar-refractivity contribution in [1.29, 1.82) is 0 Å². The summed E-state index contributed by atoms with van der Waals surface area (Å²) in [5.41, 5.74) is 5.36. The molecule has 6 heteroatoms. The van der Waals surface area contributed by atoms with Gasteiger partial charge in [-0.15, -0.1) is 0 Å². The summed E-state index contributed by atoms with van der Waals surface area (Å²) in [6, 6.07) is 16.1. The molecule has 4 atom stereocenters. The molecule has 0 spiro atoms. The van der Waals surface area contributed by atoms with Gasteiger partial charge in [-0.2, -0.15) is 0 Å². The van der Waals surface area contributed by atoms with Crippen molar-refractivity contribution in [2.24, 2.45) is 11.3 Å². The summed E-state index contributed by atoms with van der Waals surface area (Å²) in [7, 11) is 0. The number of aliphatic hydroxyl groups is 1. The molecule has 2 aromatic carbocycles. The number of rotatable bonds is 9. The fourth-order valence-corrected chi connectivity index (χ4v) is 5.14. The molecule has 0 bridgehead atoms. The summed E-state index contributed by atoms with van der Waals surface area (Å²) in [6.45, 7) is 17.3. The topological polar surface area (TPSA) is 95.9 Å². The van der Waals surface area contributed by atoms with Crippen LogP contribution in [0.25, 0.3) is 0 Å². The van der Waals surface area contributed by atoms with Crippen molar-refractivity contribution >= 4 is 11.9 Å². The number of ether oxygens (including phenoxy) is 1. The van der Waals surface area contributed by atoms with Crippen molar-refractivity contribution in [3.05, 3.63) is 94.3 Å². The van der Waals surface area contributed by atoms with Gasteiger partial charge in [0.2, 0.25) is 0 Å². The molecule has 6 nitrogen and oxygen atoms in total. The second kappa shape index (κ2) is 12.4. The van der Waals surface area contributed by atoms with Crippen LogP contribution in [-0.4, -0.2) is 34.7 Å². The molecular formula is C34H45NO5. The van der Waals surface area contributed by atoms with Crippen LogP contribution in [0, 0.1) is 11.3 Å². The standard InChI is InChI=1S/C34H45NO5/c1-21-17-27(18-22(2)30(21)24-13-15-26(16-14-24)34(6,7)8)40-29(19-33(3,4)5)23-9-11-25(12-10-23)31(37)35-20-28(36)32(38)39/h9-18,21,28-30,36H,19-20H2,1-8H3,(H,35,37)(H,38,39)/t21?,28-,29?,30?/m1/s1. The molecular weight excluding hydrogens is 502 g/mol. The maximum Gasteiger partial charge on any atom is 0.334 e. The molecule has 3 N–H and O–H groups in total. The number of nitrogens with one attached hydrogen (secondary N) is 1. The largest absolute Gasteiger partial charge is 0.486 e. The number of benzene rings is 2. The predicted molar refractivity (Wildman–Crippen MR) is 159 cm³/mol. The number of carbonyl (C=O) groups excluding carboxylic acids is 1. The first-order valence-electron chi connectivity index (χ1n) is 14.0. The van der Waals surface area contributed by atoms with Gasteiger partial charge in [0, 0.05) is 11.5 Å². The van der Waals surface area contributed by atoms with Crippen LogP contribution in [0.4, 0.5) is 0 Å². The fraction of sp³-hybridized carbons (Fsp3) is 0.471. The summed E-state index contributed by atoms with van der Waals surface area (Å²) in [6.07, 6.45) is 3.28. The zero-order chi connectivity index (χ0) is 29.8. The second-order valence-corrected chi connectivity index (χ2v) is 13.2. The summed E-state index contributed by atoms with van der Waals surface area (Å²) in [5, 5.41) is 20.7. The number of allylic oxidation sites excluding steroid dienone is 3. The van der Waals surface area contributed by atoms with Crippen LogP contribution in [0.1, 0.15) is 101 Å². The quantitative estimate of drug-likeness (QED) is 0.317. The Kier molecular flexibility index (Phi) is 9.68. The van der Waals surface area contributed by atoms with Gasteiger partial charge in [0.05, 0.1) is 6.54 Å². The average molecular weight is 548 g/mol. The Morgan fingerprint density at radius 2 is 1.57 bits per heavy atom. The number of aliphatic carboxylic acids is 1. The lowest BCUT2D eigenvalue weighted by Crippen LogP contribution is -2.36. The van der Waals surface area contributed by atoms with E-state index in [0.717, 1.165) is 17.7 Å². The van der Waals surface area contributed by atoms with Crippen molar-refractivity contribution in [2.45, 2.75) is 85.4 Å². The van der Waals surface area contributed by atoms with E-state index in [9.17, 15) is 14.7 Å². The molecule has 2 aromatic rings. The molecule has 0 saturated carbocycles. The first-order chi connectivity index (χ1) is 18.5. The first-order valence-corrected chi connectivity index (χ1v) is 14.0. The van der Waals surface area contributed by atoms with E-state index in [1.54, 1.807) is 12.1 Å². The third-order valence-corrected chi connectivity index (χ3v) is 7.31. The normalized spacial score (nSPS) is 19.2. The highest BCUT2D eigenvalue weighted by Crippen LogP contribution is 2.41. The minimum atomic E-state index is -1.64. The highest BCUT2D eigenvalue weighted by atomic mass is 16.5. The van der Waals surface area contributed by atoms with Crippen LogP contribution in [0.5, 0.6) is 0 Å². The molecule has 0 aromatic heterocycles. The van der Waals surface area contributed by atoms with E-state index in [2.05, 4.69) is 97.1 Å². The summed E-state index contributed by atoms with van der Waals surface area (Å²) in [4.78, 5) is 23.2. The molecule has 1 amide bonds. The molecule has 1 aliphatic rings. The summed E-state index contributed by atoms with van der Waals surface area (Å²) >= 11 is 0. The monoisotopic (exact) mass is 547 g/mol. The number of carboxylic acids is 1. The Morgan fingerprint density at radius 1 is 0.975 bits per heavy atom. The maximum atomic E-state index is 12.4. The van der Waals surface area contributed by atoms with Crippen molar-refractivity contribution in [2.75, 3.05) is 6.54 Å². The molecule has 3 unspecified atom stereocenters. The van der Waals surface area contributed by atoms with Gasteiger partial charge in [-0.3, -0.25) is 4.79 Å². The van der Waals surface area contributed by atoms with Crippen molar-refractivity contribution < 1.29 is 24.5 Å². The van der Waals surface area contributed by atoms with Gasteiger partial charge in [0.15, 0.2) is 6.10 Å². The molecule has 216 valence electrons. The zero-order valence-electron chi connectivity index (χ0n) is 25.1. The van der Waals surface area contributed by atoms with Gasteiger partial charge < -0.3 is 20.3 Å². The van der Waals surface area contributed by atoms with Gasteiger partial charge in [0.25, 0.3) is 5.91 Å². The molecule has 0 heterocycles. The van der Waals surface area contributed by atoms with Crippen LogP contribution >= 0.6 is 0 Å². The van der Waals surface area contributed by atoms with Crippen molar-refractivity contribution in [3.8, 4) is 0 Å². The number of carbonyl (C=O) groups is 2. The maximum absolute atomic E-state index is 12.4. The van der Waals surface area contributed by atoms with Gasteiger partial charge in [-0.05, 0) is 71.1 Å². The molecule has 0 aliphatic heterocycles. The minimum Gasteiger partial charge on any atom is -0.486 e. The Morgan fingerprint density at radius 3 is 2.08 bits per heavy atom. The molecule has 3 rings (SSSR count). The molecule has 40 heavy (non-hydrogen) atoms. The number of aliphatic hydroxyl groups excluding tert-OH is 1. The van der Waals surface area contributed by atoms with Crippen LogP contribution < -0.4 is 5.32 Å². The van der Waals surface area contributed by atoms with Crippen LogP contribution in [-0.2, 0) is 14.9 Å². The van der Waals surface area contributed by atoms with E-state index in [-0.39, 0.29) is 29.4 Å². The Hall–Kier alpha value is -3.38. The Balaban J connectivity index is 1.77. The average Bonchev–Trinajstić information content (AvgIpc) is 2.85. The molecule has 0 radical (unpaired) electrons. The third kappa shape index (κ3) is 8.31. The van der Waals surface area contributed by atoms with Gasteiger partial charge in [0.1, 0.15) is 11.9 Å². The molecule has 0 saturated heterocycles. The highest BCUT2D eigenvalue weighted by molar-refractivity contribution is 5.94. The first kappa shape index (κ1) is 31.2. The molecule has 0 fully saturated rings. The summed E-state index contributed by atoms with van der Waals surface area (Å²) in [5.74, 6) is -0.406. The lowest BCUT2D eigenvalue weighted by Gasteiger charge is -2.32. The number of hydrogen-bond donors (Lipinski definition) is 3. The molecule has 1 aliphatic carbocycles.